The number of fused-ring (bicyclic) bond motifs is 1. The number of nitrogens with one attached hydrogen (secondary N) is 2. The Balaban J connectivity index is 1.66. The highest BCUT2D eigenvalue weighted by atomic mass is 14.9. The smallest absolute Gasteiger partial charge is 0.0605 e. The summed E-state index contributed by atoms with van der Waals surface area (Å²) in [6.07, 6.45) is 7.36. The van der Waals surface area contributed by atoms with Gasteiger partial charge in [0.15, 0.2) is 0 Å². The first-order valence-electron chi connectivity index (χ1n) is 8.44. The molecule has 1 unspecified atom stereocenters. The van der Waals surface area contributed by atoms with Crippen LogP contribution >= 0.6 is 0 Å². The molecule has 0 bridgehead atoms. The first-order chi connectivity index (χ1) is 11.4. The number of aromatic nitrogens is 1. The van der Waals surface area contributed by atoms with Crippen molar-refractivity contribution in [3.63, 3.8) is 0 Å². The molecule has 120 valence electrons. The Kier molecular flexibility index (Phi) is 5.56. The Morgan fingerprint density at radius 2 is 1.96 bits per heavy atom. The fraction of sp³-hybridized carbons (Fsp3) is 0.350. The molecule has 1 aliphatic rings. The quantitative estimate of drug-likeness (QED) is 0.607. The number of nitrogens with zero attached hydrogens (tertiary/aromatic N) is 1. The molecular weight excluding hydrogens is 282 g/mol. The van der Waals surface area contributed by atoms with Gasteiger partial charge in [0.05, 0.1) is 11.7 Å². The predicted octanol–water partition coefficient (Wildman–Crippen LogP) is 3.52. The zero-order chi connectivity index (χ0) is 15.9. The van der Waals surface area contributed by atoms with E-state index in [4.69, 9.17) is 0 Å². The molecule has 1 aliphatic carbocycles. The van der Waals surface area contributed by atoms with Gasteiger partial charge in [0.25, 0.3) is 0 Å². The third-order valence-electron chi connectivity index (χ3n) is 4.46. The first-order valence-corrected chi connectivity index (χ1v) is 8.44. The Bertz CT molecular complexity index is 651. The molecule has 1 aromatic heterocycles. The minimum absolute atomic E-state index is 0.370. The molecule has 3 heteroatoms. The summed E-state index contributed by atoms with van der Waals surface area (Å²) in [6.45, 7) is 6.35. The lowest BCUT2D eigenvalue weighted by Gasteiger charge is -2.25. The highest BCUT2D eigenvalue weighted by Gasteiger charge is 2.20. The minimum Gasteiger partial charge on any atom is -0.309 e. The van der Waals surface area contributed by atoms with E-state index >= 15 is 0 Å². The molecule has 3 nitrogen and oxygen atoms in total. The summed E-state index contributed by atoms with van der Waals surface area (Å²) in [5.74, 6) is 0. The Labute approximate surface area is 138 Å². The molecule has 0 saturated heterocycles. The van der Waals surface area contributed by atoms with Gasteiger partial charge in [-0.3, -0.25) is 4.98 Å². The largest absolute Gasteiger partial charge is 0.309 e. The molecule has 0 amide bonds. The molecule has 0 saturated carbocycles. The number of hydrogen-bond donors (Lipinski definition) is 2. The second-order valence-electron chi connectivity index (χ2n) is 6.06. The summed E-state index contributed by atoms with van der Waals surface area (Å²) in [6, 6.07) is 13.2. The topological polar surface area (TPSA) is 37.0 Å². The fourth-order valence-corrected chi connectivity index (χ4v) is 3.25. The molecule has 0 spiro atoms. The van der Waals surface area contributed by atoms with Crippen LogP contribution in [0.2, 0.25) is 0 Å². The van der Waals surface area contributed by atoms with Crippen LogP contribution in [0, 0.1) is 0 Å². The number of rotatable bonds is 7. The van der Waals surface area contributed by atoms with Gasteiger partial charge in [-0.1, -0.05) is 36.4 Å². The van der Waals surface area contributed by atoms with Crippen molar-refractivity contribution in [2.75, 3.05) is 6.54 Å². The zero-order valence-corrected chi connectivity index (χ0v) is 13.6. The van der Waals surface area contributed by atoms with E-state index in [1.165, 1.54) is 35.2 Å². The first kappa shape index (κ1) is 15.9. The van der Waals surface area contributed by atoms with Crippen molar-refractivity contribution < 1.29 is 0 Å². The molecule has 2 N–H and O–H groups in total. The van der Waals surface area contributed by atoms with Crippen molar-refractivity contribution in [2.24, 2.45) is 0 Å². The third-order valence-corrected chi connectivity index (χ3v) is 4.46. The van der Waals surface area contributed by atoms with Crippen molar-refractivity contribution in [2.45, 2.75) is 38.4 Å². The Morgan fingerprint density at radius 1 is 1.13 bits per heavy atom. The second kappa shape index (κ2) is 8.04. The Hall–Kier alpha value is -1.97. The lowest BCUT2D eigenvalue weighted by molar-refractivity contribution is 0.446. The van der Waals surface area contributed by atoms with Gasteiger partial charge < -0.3 is 10.6 Å². The highest BCUT2D eigenvalue weighted by molar-refractivity contribution is 5.29. The van der Waals surface area contributed by atoms with E-state index < -0.39 is 0 Å². The van der Waals surface area contributed by atoms with E-state index in [0.717, 1.165) is 26.1 Å². The van der Waals surface area contributed by atoms with Gasteiger partial charge in [-0.15, -0.1) is 6.58 Å². The standard InChI is InChI=1S/C20H25N3/c1-2-12-21-14-17-7-3-4-8-18(17)15-23-19-11-5-9-16-10-6-13-22-20(16)19/h2-4,6-8,10,13,19,21,23H,1,5,9,11-12,14-15H2. The maximum atomic E-state index is 4.61. The molecule has 3 rings (SSSR count). The second-order valence-corrected chi connectivity index (χ2v) is 6.06. The van der Waals surface area contributed by atoms with E-state index in [1.807, 2.05) is 18.3 Å². The minimum atomic E-state index is 0.370. The van der Waals surface area contributed by atoms with E-state index in [-0.39, 0.29) is 0 Å². The molecule has 0 fully saturated rings. The maximum Gasteiger partial charge on any atom is 0.0605 e. The van der Waals surface area contributed by atoms with Crippen molar-refractivity contribution in [1.82, 2.24) is 15.6 Å². The molecule has 1 aromatic carbocycles. The summed E-state index contributed by atoms with van der Waals surface area (Å²) in [7, 11) is 0. The predicted molar refractivity (Wildman–Crippen MR) is 95.1 cm³/mol. The third kappa shape index (κ3) is 4.06. The molecule has 0 aliphatic heterocycles. The summed E-state index contributed by atoms with van der Waals surface area (Å²) in [5.41, 5.74) is 5.34. The Morgan fingerprint density at radius 3 is 2.78 bits per heavy atom. The lowest BCUT2D eigenvalue weighted by Crippen LogP contribution is -2.26. The lowest BCUT2D eigenvalue weighted by atomic mass is 9.91. The number of aryl methyl sites for hydroxylation is 1. The monoisotopic (exact) mass is 307 g/mol. The number of benzene rings is 1. The highest BCUT2D eigenvalue weighted by Crippen LogP contribution is 2.28. The number of hydrogen-bond acceptors (Lipinski definition) is 3. The van der Waals surface area contributed by atoms with Crippen molar-refractivity contribution in [1.29, 1.82) is 0 Å². The van der Waals surface area contributed by atoms with E-state index in [9.17, 15) is 0 Å². The van der Waals surface area contributed by atoms with E-state index in [0.29, 0.717) is 6.04 Å². The zero-order valence-electron chi connectivity index (χ0n) is 13.6. The van der Waals surface area contributed by atoms with Gasteiger partial charge in [0.1, 0.15) is 0 Å². The van der Waals surface area contributed by atoms with Crippen LogP contribution in [0.4, 0.5) is 0 Å². The maximum absolute atomic E-state index is 4.61. The fourth-order valence-electron chi connectivity index (χ4n) is 3.25. The molecule has 1 atom stereocenters. The molecule has 0 radical (unpaired) electrons. The normalized spacial score (nSPS) is 16.8. The van der Waals surface area contributed by atoms with Gasteiger partial charge in [-0.05, 0) is 42.0 Å². The van der Waals surface area contributed by atoms with Crippen LogP contribution in [0.5, 0.6) is 0 Å². The van der Waals surface area contributed by atoms with Crippen LogP contribution in [0.3, 0.4) is 0 Å². The summed E-state index contributed by atoms with van der Waals surface area (Å²) in [5, 5.41) is 7.10. The van der Waals surface area contributed by atoms with Crippen molar-refractivity contribution in [3.8, 4) is 0 Å². The average molecular weight is 307 g/mol. The van der Waals surface area contributed by atoms with Crippen molar-refractivity contribution >= 4 is 0 Å². The van der Waals surface area contributed by atoms with Crippen molar-refractivity contribution in [3.05, 3.63) is 77.6 Å². The van der Waals surface area contributed by atoms with E-state index in [1.54, 1.807) is 0 Å². The SMILES string of the molecule is C=CCNCc1ccccc1CNC1CCCc2cccnc21. The molecular formula is C20H25N3. The number of pyridine rings is 1. The van der Waals surface area contributed by atoms with Gasteiger partial charge in [0, 0.05) is 25.8 Å². The van der Waals surface area contributed by atoms with Crippen LogP contribution in [-0.2, 0) is 19.5 Å². The molecule has 2 aromatic rings. The van der Waals surface area contributed by atoms with Gasteiger partial charge in [-0.25, -0.2) is 0 Å². The summed E-state index contributed by atoms with van der Waals surface area (Å²) >= 11 is 0. The van der Waals surface area contributed by atoms with E-state index in [2.05, 4.69) is 52.5 Å². The van der Waals surface area contributed by atoms with Crippen LogP contribution in [0.1, 0.15) is 41.3 Å². The van der Waals surface area contributed by atoms with Gasteiger partial charge in [0.2, 0.25) is 0 Å². The molecule has 1 heterocycles. The van der Waals surface area contributed by atoms with Crippen LogP contribution in [0.15, 0.2) is 55.3 Å². The van der Waals surface area contributed by atoms with Gasteiger partial charge >= 0.3 is 0 Å². The van der Waals surface area contributed by atoms with Crippen LogP contribution in [0.25, 0.3) is 0 Å². The summed E-state index contributed by atoms with van der Waals surface area (Å²) < 4.78 is 0. The van der Waals surface area contributed by atoms with Crippen LogP contribution < -0.4 is 10.6 Å². The summed E-state index contributed by atoms with van der Waals surface area (Å²) in [4.78, 5) is 4.61. The van der Waals surface area contributed by atoms with Gasteiger partial charge in [-0.2, -0.15) is 0 Å². The average Bonchev–Trinajstić information content (AvgIpc) is 2.61. The molecule has 23 heavy (non-hydrogen) atoms. The van der Waals surface area contributed by atoms with Crippen LogP contribution in [-0.4, -0.2) is 11.5 Å².